The number of aliphatic hydroxyl groups is 1. The highest BCUT2D eigenvalue weighted by atomic mass is 31.2. The van der Waals surface area contributed by atoms with Crippen molar-refractivity contribution >= 4 is 39.5 Å². The molecule has 2 unspecified atom stereocenters. The molecule has 0 radical (unpaired) electrons. The molecule has 0 spiro atoms. The van der Waals surface area contributed by atoms with Crippen LogP contribution in [0.25, 0.3) is 0 Å². The van der Waals surface area contributed by atoms with Crippen LogP contribution in [0.4, 0.5) is 0 Å². The van der Waals surface area contributed by atoms with E-state index in [2.05, 4.69) is 55.4 Å². The Kier molecular flexibility index (Phi) is 65.0. The Labute approximate surface area is 588 Å². The quantitative estimate of drug-likeness (QED) is 0.0222. The van der Waals surface area contributed by atoms with Gasteiger partial charge in [0.25, 0.3) is 0 Å². The lowest BCUT2D eigenvalue weighted by atomic mass is 10.0. The molecule has 570 valence electrons. The number of carbonyl (C=O) groups is 4. The molecule has 0 saturated heterocycles. The maximum absolute atomic E-state index is 13.1. The van der Waals surface area contributed by atoms with E-state index >= 15 is 0 Å². The maximum Gasteiger partial charge on any atom is 0.472 e. The summed E-state index contributed by atoms with van der Waals surface area (Å²) in [5, 5.41) is 10.6. The van der Waals surface area contributed by atoms with Gasteiger partial charge in [-0.05, 0) is 49.4 Å². The van der Waals surface area contributed by atoms with Crippen LogP contribution in [-0.2, 0) is 65.4 Å². The third-order valence-corrected chi connectivity index (χ3v) is 19.7. The summed E-state index contributed by atoms with van der Waals surface area (Å²) >= 11 is 0. The molecule has 4 atom stereocenters. The van der Waals surface area contributed by atoms with Gasteiger partial charge in [0.15, 0.2) is 12.2 Å². The predicted octanol–water partition coefficient (Wildman–Crippen LogP) is 22.4. The average Bonchev–Trinajstić information content (AvgIpc) is 1.10. The number of hydrogen-bond acceptors (Lipinski definition) is 15. The van der Waals surface area contributed by atoms with Crippen LogP contribution >= 0.6 is 15.6 Å². The van der Waals surface area contributed by atoms with E-state index in [1.807, 2.05) is 0 Å². The second kappa shape index (κ2) is 66.3. The van der Waals surface area contributed by atoms with Crippen LogP contribution in [0.5, 0.6) is 0 Å². The molecule has 0 heterocycles. The fourth-order valence-electron chi connectivity index (χ4n) is 11.7. The van der Waals surface area contributed by atoms with E-state index in [0.717, 1.165) is 115 Å². The Bertz CT molecular complexity index is 1750. The molecule has 0 aromatic heterocycles. The fourth-order valence-corrected chi connectivity index (χ4v) is 13.3. The third-order valence-electron chi connectivity index (χ3n) is 17.8. The van der Waals surface area contributed by atoms with E-state index in [9.17, 15) is 43.2 Å². The largest absolute Gasteiger partial charge is 0.472 e. The van der Waals surface area contributed by atoms with Crippen LogP contribution in [0.3, 0.4) is 0 Å². The number of aliphatic hydroxyl groups excluding tert-OH is 1. The number of phosphoric ester groups is 2. The highest BCUT2D eigenvalue weighted by Gasteiger charge is 2.30. The van der Waals surface area contributed by atoms with Gasteiger partial charge in [0.05, 0.1) is 26.4 Å². The van der Waals surface area contributed by atoms with Crippen molar-refractivity contribution in [3.8, 4) is 0 Å². The summed E-state index contributed by atoms with van der Waals surface area (Å²) in [6, 6.07) is 0. The van der Waals surface area contributed by atoms with E-state index in [4.69, 9.17) is 37.0 Å². The van der Waals surface area contributed by atoms with Gasteiger partial charge in [-0.2, -0.15) is 0 Å². The first-order chi connectivity index (χ1) is 46.1. The highest BCUT2D eigenvalue weighted by molar-refractivity contribution is 7.47. The van der Waals surface area contributed by atoms with Crippen LogP contribution in [0.2, 0.25) is 0 Å². The zero-order valence-corrected chi connectivity index (χ0v) is 64.8. The summed E-state index contributed by atoms with van der Waals surface area (Å²) in [4.78, 5) is 72.7. The smallest absolute Gasteiger partial charge is 0.462 e. The molecule has 0 rings (SSSR count). The zero-order valence-electron chi connectivity index (χ0n) is 63.0. The van der Waals surface area contributed by atoms with Crippen molar-refractivity contribution in [2.45, 2.75) is 408 Å². The molecule has 96 heavy (non-hydrogen) atoms. The molecule has 0 aromatic carbocycles. The highest BCUT2D eigenvalue weighted by Crippen LogP contribution is 2.45. The molecule has 0 amide bonds. The second-order valence-corrected chi connectivity index (χ2v) is 32.6. The van der Waals surface area contributed by atoms with E-state index < -0.39 is 97.5 Å². The van der Waals surface area contributed by atoms with Gasteiger partial charge < -0.3 is 33.8 Å². The lowest BCUT2D eigenvalue weighted by Gasteiger charge is -2.21. The molecular weight excluding hydrogens is 1260 g/mol. The topological polar surface area (TPSA) is 237 Å². The van der Waals surface area contributed by atoms with Gasteiger partial charge in [-0.25, -0.2) is 9.13 Å². The predicted molar refractivity (Wildman–Crippen MR) is 391 cm³/mol. The van der Waals surface area contributed by atoms with E-state index in [-0.39, 0.29) is 25.7 Å². The maximum atomic E-state index is 13.1. The second-order valence-electron chi connectivity index (χ2n) is 29.7. The molecule has 19 heteroatoms. The Balaban J connectivity index is 5.15. The molecule has 0 saturated carbocycles. The van der Waals surface area contributed by atoms with Gasteiger partial charge in [-0.3, -0.25) is 37.3 Å². The number of ether oxygens (including phenoxy) is 4. The summed E-state index contributed by atoms with van der Waals surface area (Å²) in [6.45, 7) is 14.1. The van der Waals surface area contributed by atoms with Crippen LogP contribution in [-0.4, -0.2) is 96.7 Å². The van der Waals surface area contributed by atoms with Crippen LogP contribution in [0.15, 0.2) is 0 Å². The van der Waals surface area contributed by atoms with E-state index in [1.165, 1.54) is 180 Å². The SMILES string of the molecule is CC(C)CCCCCCCCCCCCCCCCCCC(=O)O[C@H](COC(=O)CCCCCCCCC(C)C)COP(=O)(O)OCC(O)COP(=O)(O)OC[C@@H](COC(=O)CCCCCCCCC(C)C)OC(=O)CCCCCCCCCCCCCCCCCCC(C)C. The van der Waals surface area contributed by atoms with Gasteiger partial charge >= 0.3 is 39.5 Å². The number of hydrogen-bond donors (Lipinski definition) is 3. The van der Waals surface area contributed by atoms with Crippen LogP contribution < -0.4 is 0 Å². The van der Waals surface area contributed by atoms with Crippen molar-refractivity contribution in [3.05, 3.63) is 0 Å². The minimum absolute atomic E-state index is 0.106. The monoisotopic (exact) mass is 1410 g/mol. The minimum Gasteiger partial charge on any atom is -0.462 e. The summed E-state index contributed by atoms with van der Waals surface area (Å²) in [5.41, 5.74) is 0. The number of esters is 4. The van der Waals surface area contributed by atoms with Crippen LogP contribution in [0.1, 0.15) is 389 Å². The van der Waals surface area contributed by atoms with Crippen molar-refractivity contribution in [1.82, 2.24) is 0 Å². The lowest BCUT2D eigenvalue weighted by Crippen LogP contribution is -2.30. The van der Waals surface area contributed by atoms with Gasteiger partial charge in [0.2, 0.25) is 0 Å². The minimum atomic E-state index is -4.96. The van der Waals surface area contributed by atoms with Crippen molar-refractivity contribution < 1.29 is 80.2 Å². The first kappa shape index (κ1) is 94.1. The molecule has 0 aliphatic rings. The Morgan fingerprint density at radius 3 is 0.646 bits per heavy atom. The lowest BCUT2D eigenvalue weighted by molar-refractivity contribution is -0.161. The van der Waals surface area contributed by atoms with Crippen LogP contribution in [0, 0.1) is 23.7 Å². The molecular formula is C77H150O17P2. The van der Waals surface area contributed by atoms with E-state index in [1.54, 1.807) is 0 Å². The van der Waals surface area contributed by atoms with Gasteiger partial charge in [-0.1, -0.05) is 338 Å². The average molecular weight is 1410 g/mol. The molecule has 0 bridgehead atoms. The summed E-state index contributed by atoms with van der Waals surface area (Å²) < 4.78 is 68.5. The molecule has 17 nitrogen and oxygen atoms in total. The molecule has 0 aromatic rings. The number of carbonyl (C=O) groups excluding carboxylic acids is 4. The Hall–Kier alpha value is -1.94. The van der Waals surface area contributed by atoms with Gasteiger partial charge in [0, 0.05) is 25.7 Å². The summed E-state index contributed by atoms with van der Waals surface area (Å²) in [5.74, 6) is 0.853. The molecule has 0 aliphatic heterocycles. The first-order valence-corrected chi connectivity index (χ1v) is 42.7. The Morgan fingerprint density at radius 1 is 0.260 bits per heavy atom. The van der Waals surface area contributed by atoms with Crippen molar-refractivity contribution in [3.63, 3.8) is 0 Å². The Morgan fingerprint density at radius 2 is 0.438 bits per heavy atom. The number of phosphoric acid groups is 2. The van der Waals surface area contributed by atoms with Gasteiger partial charge in [0.1, 0.15) is 19.3 Å². The van der Waals surface area contributed by atoms with Crippen molar-refractivity contribution in [2.24, 2.45) is 23.7 Å². The third kappa shape index (κ3) is 70.5. The summed E-state index contributed by atoms with van der Waals surface area (Å²) in [6.07, 6.45) is 51.8. The molecule has 0 fully saturated rings. The van der Waals surface area contributed by atoms with Crippen molar-refractivity contribution in [2.75, 3.05) is 39.6 Å². The molecule has 0 aliphatic carbocycles. The first-order valence-electron chi connectivity index (χ1n) is 39.7. The number of unbranched alkanes of at least 4 members (excludes halogenated alkanes) is 40. The van der Waals surface area contributed by atoms with E-state index in [0.29, 0.717) is 37.5 Å². The number of rotatable bonds is 74. The molecule has 3 N–H and O–H groups in total. The normalized spacial score (nSPS) is 14.1. The van der Waals surface area contributed by atoms with Crippen molar-refractivity contribution in [1.29, 1.82) is 0 Å². The summed E-state index contributed by atoms with van der Waals surface area (Å²) in [7, 11) is -9.91. The van der Waals surface area contributed by atoms with Gasteiger partial charge in [-0.15, -0.1) is 0 Å². The zero-order chi connectivity index (χ0) is 71.0. The fraction of sp³-hybridized carbons (Fsp3) is 0.948. The standard InChI is InChI=1S/C77H150O17P2/c1-67(2)53-45-37-29-25-21-17-13-9-11-15-19-23-27-31-43-51-59-76(81)93-72(63-87-74(79)57-49-41-35-33-39-47-55-69(5)6)65-91-95(83,84)89-61-71(78)62-90-96(85,86)92-66-73(64-88-75(80)58-50-42-36-34-40-48-56-70(7)8)94-77(82)60-52-44-32-28-24-20-16-12-10-14-18-22-26-30-38-46-54-68(3)4/h67-73,78H,9-66H2,1-8H3,(H,83,84)(H,85,86)/t72-,73-/m1/s1.